The fraction of sp³-hybridized carbons (Fsp3) is 0.300. The summed E-state index contributed by atoms with van der Waals surface area (Å²) >= 11 is 0. The SMILES string of the molecule is CC(CN)C(=O)N1CCCc2c(NC(=O)Nc3ccccc3F)cccc21.Cl. The topological polar surface area (TPSA) is 87.5 Å². The molecule has 0 radical (unpaired) electrons. The molecule has 4 N–H and O–H groups in total. The second-order valence-corrected chi connectivity index (χ2v) is 6.59. The molecule has 150 valence electrons. The highest BCUT2D eigenvalue weighted by molar-refractivity contribution is 6.02. The molecule has 0 spiro atoms. The third kappa shape index (κ3) is 4.61. The quantitative estimate of drug-likeness (QED) is 0.722. The Hall–Kier alpha value is -2.64. The molecule has 0 aliphatic carbocycles. The number of hydrogen-bond acceptors (Lipinski definition) is 3. The molecule has 0 aromatic heterocycles. The Morgan fingerprint density at radius 2 is 1.82 bits per heavy atom. The highest BCUT2D eigenvalue weighted by atomic mass is 35.5. The first kappa shape index (κ1) is 21.7. The Balaban J connectivity index is 0.00000280. The lowest BCUT2D eigenvalue weighted by molar-refractivity contribution is -0.121. The van der Waals surface area contributed by atoms with Gasteiger partial charge in [-0.25, -0.2) is 9.18 Å². The van der Waals surface area contributed by atoms with E-state index in [1.165, 1.54) is 12.1 Å². The molecule has 0 fully saturated rings. The highest BCUT2D eigenvalue weighted by Gasteiger charge is 2.27. The number of halogens is 2. The van der Waals surface area contributed by atoms with Crippen LogP contribution in [-0.2, 0) is 11.2 Å². The van der Waals surface area contributed by atoms with Crippen molar-refractivity contribution in [3.63, 3.8) is 0 Å². The molecular formula is C20H24ClFN4O2. The van der Waals surface area contributed by atoms with E-state index in [1.54, 1.807) is 36.1 Å². The van der Waals surface area contributed by atoms with Crippen molar-refractivity contribution in [1.29, 1.82) is 0 Å². The molecule has 8 heteroatoms. The van der Waals surface area contributed by atoms with Crippen LogP contribution in [0, 0.1) is 11.7 Å². The van der Waals surface area contributed by atoms with Gasteiger partial charge in [0, 0.05) is 30.4 Å². The molecule has 1 aliphatic rings. The number of rotatable bonds is 4. The summed E-state index contributed by atoms with van der Waals surface area (Å²) in [4.78, 5) is 26.6. The normalized spacial score (nSPS) is 13.8. The Bertz CT molecular complexity index is 862. The lowest BCUT2D eigenvalue weighted by Crippen LogP contribution is -2.41. The van der Waals surface area contributed by atoms with Crippen molar-refractivity contribution >= 4 is 41.4 Å². The summed E-state index contributed by atoms with van der Waals surface area (Å²) in [6.07, 6.45) is 1.54. The number of nitrogens with zero attached hydrogens (tertiary/aromatic N) is 1. The molecular weight excluding hydrogens is 383 g/mol. The standard InChI is InChI=1S/C20H23FN4O2.ClH/c1-13(12-22)19(26)25-11-5-6-14-16(9-4-10-18(14)25)23-20(27)24-17-8-3-2-7-15(17)21;/h2-4,7-10,13H,5-6,11-12,22H2,1H3,(H2,23,24,27);1H. The van der Waals surface area contributed by atoms with Crippen molar-refractivity contribution < 1.29 is 14.0 Å². The second kappa shape index (κ2) is 9.52. The Kier molecular flexibility index (Phi) is 7.37. The summed E-state index contributed by atoms with van der Waals surface area (Å²) in [5.74, 6) is -0.793. The van der Waals surface area contributed by atoms with Crippen LogP contribution in [0.15, 0.2) is 42.5 Å². The number of carbonyl (C=O) groups is 2. The van der Waals surface area contributed by atoms with Crippen LogP contribution in [0.1, 0.15) is 18.9 Å². The molecule has 0 bridgehead atoms. The van der Waals surface area contributed by atoms with Gasteiger partial charge in [-0.3, -0.25) is 4.79 Å². The smallest absolute Gasteiger partial charge is 0.323 e. The molecule has 1 unspecified atom stereocenters. The molecule has 0 saturated carbocycles. The van der Waals surface area contributed by atoms with E-state index in [0.717, 1.165) is 24.1 Å². The molecule has 3 rings (SSSR count). The van der Waals surface area contributed by atoms with E-state index in [9.17, 15) is 14.0 Å². The Morgan fingerprint density at radius 1 is 1.14 bits per heavy atom. The maximum absolute atomic E-state index is 13.7. The summed E-state index contributed by atoms with van der Waals surface area (Å²) in [6, 6.07) is 10.9. The number of nitrogens with one attached hydrogen (secondary N) is 2. The minimum atomic E-state index is -0.535. The van der Waals surface area contributed by atoms with Gasteiger partial charge in [-0.05, 0) is 42.7 Å². The molecule has 1 heterocycles. The molecule has 1 aliphatic heterocycles. The fourth-order valence-corrected chi connectivity index (χ4v) is 3.18. The largest absolute Gasteiger partial charge is 0.330 e. The second-order valence-electron chi connectivity index (χ2n) is 6.59. The Labute approximate surface area is 169 Å². The Morgan fingerprint density at radius 3 is 2.54 bits per heavy atom. The maximum atomic E-state index is 13.7. The molecule has 2 aromatic carbocycles. The van der Waals surface area contributed by atoms with Crippen LogP contribution in [0.3, 0.4) is 0 Å². The van der Waals surface area contributed by atoms with Gasteiger partial charge in [0.1, 0.15) is 5.82 Å². The van der Waals surface area contributed by atoms with E-state index in [4.69, 9.17) is 5.73 Å². The predicted octanol–water partition coefficient (Wildman–Crippen LogP) is 3.77. The van der Waals surface area contributed by atoms with Gasteiger partial charge >= 0.3 is 6.03 Å². The van der Waals surface area contributed by atoms with Gasteiger partial charge in [0.2, 0.25) is 5.91 Å². The first-order valence-electron chi connectivity index (χ1n) is 8.97. The maximum Gasteiger partial charge on any atom is 0.323 e. The average Bonchev–Trinajstić information content (AvgIpc) is 2.68. The first-order chi connectivity index (χ1) is 13.0. The average molecular weight is 407 g/mol. The zero-order chi connectivity index (χ0) is 19.4. The number of amides is 3. The van der Waals surface area contributed by atoms with Crippen LogP contribution in [0.5, 0.6) is 0 Å². The van der Waals surface area contributed by atoms with Crippen molar-refractivity contribution in [3.05, 3.63) is 53.8 Å². The molecule has 0 saturated heterocycles. The van der Waals surface area contributed by atoms with E-state index in [2.05, 4.69) is 10.6 Å². The minimum Gasteiger partial charge on any atom is -0.330 e. The fourth-order valence-electron chi connectivity index (χ4n) is 3.18. The van der Waals surface area contributed by atoms with Crippen molar-refractivity contribution in [2.24, 2.45) is 11.7 Å². The zero-order valence-corrected chi connectivity index (χ0v) is 16.4. The van der Waals surface area contributed by atoms with Gasteiger partial charge in [0.05, 0.1) is 5.69 Å². The number of anilines is 3. The molecule has 2 aromatic rings. The van der Waals surface area contributed by atoms with Gasteiger partial charge in [-0.15, -0.1) is 12.4 Å². The van der Waals surface area contributed by atoms with E-state index in [-0.39, 0.29) is 36.5 Å². The van der Waals surface area contributed by atoms with E-state index in [1.807, 2.05) is 6.07 Å². The van der Waals surface area contributed by atoms with Gasteiger partial charge < -0.3 is 21.3 Å². The molecule has 3 amide bonds. The number of urea groups is 1. The van der Waals surface area contributed by atoms with Crippen LogP contribution in [-0.4, -0.2) is 25.0 Å². The monoisotopic (exact) mass is 406 g/mol. The number of benzene rings is 2. The van der Waals surface area contributed by atoms with Gasteiger partial charge in [-0.2, -0.15) is 0 Å². The highest BCUT2D eigenvalue weighted by Crippen LogP contribution is 2.33. The van der Waals surface area contributed by atoms with Gasteiger partial charge in [0.15, 0.2) is 0 Å². The molecule has 1 atom stereocenters. The number of carbonyl (C=O) groups excluding carboxylic acids is 2. The van der Waals surface area contributed by atoms with E-state index >= 15 is 0 Å². The van der Waals surface area contributed by atoms with Crippen molar-refractivity contribution in [2.45, 2.75) is 19.8 Å². The third-order valence-electron chi connectivity index (χ3n) is 4.66. The molecule has 28 heavy (non-hydrogen) atoms. The van der Waals surface area contributed by atoms with Crippen molar-refractivity contribution in [3.8, 4) is 0 Å². The summed E-state index contributed by atoms with van der Waals surface area (Å²) in [7, 11) is 0. The van der Waals surface area contributed by atoms with E-state index in [0.29, 0.717) is 12.2 Å². The number of hydrogen-bond donors (Lipinski definition) is 3. The van der Waals surface area contributed by atoms with Gasteiger partial charge in [0.25, 0.3) is 0 Å². The number of fused-ring (bicyclic) bond motifs is 1. The van der Waals surface area contributed by atoms with Crippen molar-refractivity contribution in [1.82, 2.24) is 0 Å². The summed E-state index contributed by atoms with van der Waals surface area (Å²) in [6.45, 7) is 2.72. The molecule has 6 nitrogen and oxygen atoms in total. The summed E-state index contributed by atoms with van der Waals surface area (Å²) in [5, 5.41) is 5.27. The van der Waals surface area contributed by atoms with Crippen LogP contribution in [0.25, 0.3) is 0 Å². The van der Waals surface area contributed by atoms with Crippen LogP contribution in [0.2, 0.25) is 0 Å². The van der Waals surface area contributed by atoms with Crippen LogP contribution < -0.4 is 21.3 Å². The zero-order valence-electron chi connectivity index (χ0n) is 15.6. The summed E-state index contributed by atoms with van der Waals surface area (Å²) in [5.41, 5.74) is 8.03. The summed E-state index contributed by atoms with van der Waals surface area (Å²) < 4.78 is 13.7. The first-order valence-corrected chi connectivity index (χ1v) is 8.97. The lowest BCUT2D eigenvalue weighted by Gasteiger charge is -2.32. The minimum absolute atomic E-state index is 0. The van der Waals surface area contributed by atoms with Crippen LogP contribution >= 0.6 is 12.4 Å². The predicted molar refractivity (Wildman–Crippen MR) is 112 cm³/mol. The number of nitrogens with two attached hydrogens (primary N) is 1. The lowest BCUT2D eigenvalue weighted by atomic mass is 9.98. The van der Waals surface area contributed by atoms with Gasteiger partial charge in [-0.1, -0.05) is 25.1 Å². The number of para-hydroxylation sites is 1. The van der Waals surface area contributed by atoms with E-state index < -0.39 is 11.8 Å². The van der Waals surface area contributed by atoms with Crippen molar-refractivity contribution in [2.75, 3.05) is 28.6 Å². The third-order valence-corrected chi connectivity index (χ3v) is 4.66. The van der Waals surface area contributed by atoms with Crippen LogP contribution in [0.4, 0.5) is 26.2 Å².